The average molecular weight is 386 g/mol. The molecule has 0 aliphatic rings. The van der Waals surface area contributed by atoms with Crippen LogP contribution in [-0.4, -0.2) is 53.2 Å². The fraction of sp³-hybridized carbons (Fsp3) is 0.500. The van der Waals surface area contributed by atoms with Gasteiger partial charge in [-0.1, -0.05) is 0 Å². The van der Waals surface area contributed by atoms with E-state index >= 15 is 0 Å². The van der Waals surface area contributed by atoms with Gasteiger partial charge in [0, 0.05) is 19.2 Å². The maximum atomic E-state index is 13.8. The SMILES string of the molecule is Cc1cc(CC(=O)N(CCNC(=O)OC(C)(C)C)CC(=O)O)c(F)cc1F. The Morgan fingerprint density at radius 1 is 1.19 bits per heavy atom. The maximum Gasteiger partial charge on any atom is 0.407 e. The van der Waals surface area contributed by atoms with Gasteiger partial charge in [-0.05, 0) is 44.9 Å². The van der Waals surface area contributed by atoms with Crippen LogP contribution >= 0.6 is 0 Å². The van der Waals surface area contributed by atoms with Gasteiger partial charge in [0.2, 0.25) is 5.91 Å². The van der Waals surface area contributed by atoms with E-state index in [9.17, 15) is 23.2 Å². The minimum atomic E-state index is -1.25. The van der Waals surface area contributed by atoms with Crippen LogP contribution in [-0.2, 0) is 20.7 Å². The molecule has 1 rings (SSSR count). The number of rotatable bonds is 7. The van der Waals surface area contributed by atoms with Crippen molar-refractivity contribution in [2.45, 2.75) is 39.7 Å². The van der Waals surface area contributed by atoms with Gasteiger partial charge in [-0.15, -0.1) is 0 Å². The Bertz CT molecular complexity index is 716. The molecule has 9 heteroatoms. The first-order chi connectivity index (χ1) is 12.4. The number of amides is 2. The van der Waals surface area contributed by atoms with Crippen LogP contribution < -0.4 is 5.32 Å². The number of benzene rings is 1. The lowest BCUT2D eigenvalue weighted by Crippen LogP contribution is -2.43. The highest BCUT2D eigenvalue weighted by atomic mass is 19.1. The maximum absolute atomic E-state index is 13.8. The molecule has 7 nitrogen and oxygen atoms in total. The number of carbonyl (C=O) groups is 3. The van der Waals surface area contributed by atoms with Crippen molar-refractivity contribution in [2.75, 3.05) is 19.6 Å². The summed E-state index contributed by atoms with van der Waals surface area (Å²) in [4.78, 5) is 35.9. The number of aryl methyl sites for hydroxylation is 1. The molecule has 0 saturated heterocycles. The van der Waals surface area contributed by atoms with Gasteiger partial charge in [0.05, 0.1) is 6.42 Å². The van der Waals surface area contributed by atoms with Crippen LogP contribution in [0.4, 0.5) is 13.6 Å². The summed E-state index contributed by atoms with van der Waals surface area (Å²) < 4.78 is 32.2. The van der Waals surface area contributed by atoms with Gasteiger partial charge in [0.1, 0.15) is 23.8 Å². The Kier molecular flexibility index (Phi) is 7.68. The molecule has 2 N–H and O–H groups in total. The quantitative estimate of drug-likeness (QED) is 0.749. The third-order valence-corrected chi connectivity index (χ3v) is 3.40. The molecule has 1 aromatic carbocycles. The Balaban J connectivity index is 2.73. The van der Waals surface area contributed by atoms with Crippen LogP contribution in [0.5, 0.6) is 0 Å². The van der Waals surface area contributed by atoms with Crippen LogP contribution in [0.3, 0.4) is 0 Å². The second-order valence-corrected chi connectivity index (χ2v) is 7.01. The molecule has 0 bridgehead atoms. The molecule has 0 heterocycles. The van der Waals surface area contributed by atoms with E-state index in [-0.39, 0.29) is 24.2 Å². The average Bonchev–Trinajstić information content (AvgIpc) is 2.49. The fourth-order valence-corrected chi connectivity index (χ4v) is 2.19. The highest BCUT2D eigenvalue weighted by Gasteiger charge is 2.20. The van der Waals surface area contributed by atoms with Crippen LogP contribution in [0.1, 0.15) is 31.9 Å². The number of carbonyl (C=O) groups excluding carboxylic acids is 2. The zero-order valence-electron chi connectivity index (χ0n) is 15.8. The van der Waals surface area contributed by atoms with E-state index in [1.807, 2.05) is 0 Å². The van der Waals surface area contributed by atoms with Crippen molar-refractivity contribution in [3.63, 3.8) is 0 Å². The van der Waals surface area contributed by atoms with Crippen molar-refractivity contribution in [3.05, 3.63) is 34.9 Å². The molecule has 0 aromatic heterocycles. The van der Waals surface area contributed by atoms with Crippen molar-refractivity contribution in [3.8, 4) is 0 Å². The summed E-state index contributed by atoms with van der Waals surface area (Å²) in [6.07, 6.45) is -1.13. The van der Waals surface area contributed by atoms with E-state index in [4.69, 9.17) is 9.84 Å². The highest BCUT2D eigenvalue weighted by Crippen LogP contribution is 2.15. The zero-order valence-corrected chi connectivity index (χ0v) is 15.8. The molecule has 0 spiro atoms. The van der Waals surface area contributed by atoms with Crippen molar-refractivity contribution in [1.29, 1.82) is 0 Å². The Morgan fingerprint density at radius 2 is 1.81 bits per heavy atom. The Labute approximate surface area is 156 Å². The molecule has 0 atom stereocenters. The molecule has 2 amide bonds. The number of ether oxygens (including phenoxy) is 1. The van der Waals surface area contributed by atoms with Gasteiger partial charge in [0.25, 0.3) is 0 Å². The van der Waals surface area contributed by atoms with Gasteiger partial charge in [-0.25, -0.2) is 13.6 Å². The lowest BCUT2D eigenvalue weighted by Gasteiger charge is -2.23. The first kappa shape index (κ1) is 22.3. The standard InChI is InChI=1S/C18H24F2N2O5/c1-11-7-12(14(20)9-13(11)19)8-15(23)22(10-16(24)25)6-5-21-17(26)27-18(2,3)4/h7,9H,5-6,8,10H2,1-4H3,(H,21,26)(H,24,25). The number of nitrogens with one attached hydrogen (secondary N) is 1. The Hall–Kier alpha value is -2.71. The number of hydrogen-bond acceptors (Lipinski definition) is 4. The number of carboxylic acid groups (broad SMARTS) is 1. The second-order valence-electron chi connectivity index (χ2n) is 7.01. The molecule has 0 aliphatic carbocycles. The first-order valence-corrected chi connectivity index (χ1v) is 8.30. The van der Waals surface area contributed by atoms with E-state index in [0.29, 0.717) is 6.07 Å². The lowest BCUT2D eigenvalue weighted by atomic mass is 10.1. The number of hydrogen-bond donors (Lipinski definition) is 2. The van der Waals surface area contributed by atoms with Gasteiger partial charge in [-0.3, -0.25) is 9.59 Å². The third kappa shape index (κ3) is 8.02. The Morgan fingerprint density at radius 3 is 2.37 bits per heavy atom. The van der Waals surface area contributed by atoms with Gasteiger partial charge >= 0.3 is 12.1 Å². The van der Waals surface area contributed by atoms with Crippen molar-refractivity contribution in [1.82, 2.24) is 10.2 Å². The molecule has 0 unspecified atom stereocenters. The molecule has 0 saturated carbocycles. The van der Waals surface area contributed by atoms with Crippen molar-refractivity contribution < 1.29 is 33.0 Å². The van der Waals surface area contributed by atoms with Gasteiger partial charge in [0.15, 0.2) is 0 Å². The predicted octanol–water partition coefficient (Wildman–Crippen LogP) is 2.25. The molecule has 27 heavy (non-hydrogen) atoms. The first-order valence-electron chi connectivity index (χ1n) is 8.30. The third-order valence-electron chi connectivity index (χ3n) is 3.40. The molecule has 150 valence electrons. The fourth-order valence-electron chi connectivity index (χ4n) is 2.19. The van der Waals surface area contributed by atoms with Crippen LogP contribution in [0.2, 0.25) is 0 Å². The van der Waals surface area contributed by atoms with Crippen molar-refractivity contribution in [2.24, 2.45) is 0 Å². The van der Waals surface area contributed by atoms with E-state index in [2.05, 4.69) is 5.32 Å². The van der Waals surface area contributed by atoms with Gasteiger partial charge < -0.3 is 20.1 Å². The van der Waals surface area contributed by atoms with Crippen LogP contribution in [0.15, 0.2) is 12.1 Å². The van der Waals surface area contributed by atoms with E-state index < -0.39 is 48.2 Å². The summed E-state index contributed by atoms with van der Waals surface area (Å²) >= 11 is 0. The minimum Gasteiger partial charge on any atom is -0.480 e. The molecule has 0 aliphatic heterocycles. The summed E-state index contributed by atoms with van der Waals surface area (Å²) in [5, 5.41) is 11.4. The molecule has 0 fully saturated rings. The topological polar surface area (TPSA) is 95.9 Å². The summed E-state index contributed by atoms with van der Waals surface area (Å²) in [7, 11) is 0. The summed E-state index contributed by atoms with van der Waals surface area (Å²) in [6.45, 7) is 5.73. The summed E-state index contributed by atoms with van der Waals surface area (Å²) in [6, 6.07) is 1.89. The van der Waals surface area contributed by atoms with Crippen LogP contribution in [0.25, 0.3) is 0 Å². The molecular formula is C18H24F2N2O5. The number of alkyl carbamates (subject to hydrolysis) is 1. The predicted molar refractivity (Wildman–Crippen MR) is 93.3 cm³/mol. The number of carboxylic acids is 1. The smallest absolute Gasteiger partial charge is 0.407 e. The summed E-state index contributed by atoms with van der Waals surface area (Å²) in [5.41, 5.74) is -0.552. The molecule has 0 radical (unpaired) electrons. The highest BCUT2D eigenvalue weighted by molar-refractivity contribution is 5.83. The lowest BCUT2D eigenvalue weighted by molar-refractivity contribution is -0.144. The number of halogens is 2. The van der Waals surface area contributed by atoms with Crippen molar-refractivity contribution >= 4 is 18.0 Å². The number of nitrogens with zero attached hydrogens (tertiary/aromatic N) is 1. The monoisotopic (exact) mass is 386 g/mol. The summed E-state index contributed by atoms with van der Waals surface area (Å²) in [5.74, 6) is -3.52. The second kappa shape index (κ2) is 9.29. The van der Waals surface area contributed by atoms with E-state index in [1.165, 1.54) is 13.0 Å². The minimum absolute atomic E-state index is 0.0330. The molecule has 1 aromatic rings. The largest absolute Gasteiger partial charge is 0.480 e. The normalized spacial score (nSPS) is 11.0. The van der Waals surface area contributed by atoms with E-state index in [0.717, 1.165) is 4.90 Å². The van der Waals surface area contributed by atoms with Gasteiger partial charge in [-0.2, -0.15) is 0 Å². The number of aliphatic carboxylic acids is 1. The van der Waals surface area contributed by atoms with Crippen LogP contribution in [0, 0.1) is 18.6 Å². The molecular weight excluding hydrogens is 362 g/mol. The zero-order chi connectivity index (χ0) is 20.8. The van der Waals surface area contributed by atoms with E-state index in [1.54, 1.807) is 20.8 Å².